The Balaban J connectivity index is 1.73. The summed E-state index contributed by atoms with van der Waals surface area (Å²) in [6, 6.07) is -1.04. The fourth-order valence-electron chi connectivity index (χ4n) is 9.49. The van der Waals surface area contributed by atoms with Gasteiger partial charge in [-0.05, 0) is 64.7 Å². The van der Waals surface area contributed by atoms with Gasteiger partial charge in [-0.2, -0.15) is 0 Å². The lowest BCUT2D eigenvalue weighted by Gasteiger charge is -2.41. The molecule has 0 radical (unpaired) electrons. The smallest absolute Gasteiger partial charge is 0.302 e. The summed E-state index contributed by atoms with van der Waals surface area (Å²) in [5.41, 5.74) is 5.19. The van der Waals surface area contributed by atoms with E-state index in [9.17, 15) is 73.8 Å². The molecule has 0 aromatic heterocycles. The van der Waals surface area contributed by atoms with E-state index in [0.717, 1.165) is 0 Å². The third-order valence-electron chi connectivity index (χ3n) is 15.5. The van der Waals surface area contributed by atoms with Crippen molar-refractivity contribution in [3.05, 3.63) is 0 Å². The van der Waals surface area contributed by atoms with Crippen LogP contribution in [-0.4, -0.2) is 276 Å². The Morgan fingerprint density at radius 1 is 0.469 bits per heavy atom. The van der Waals surface area contributed by atoms with Gasteiger partial charge in [-0.25, -0.2) is 0 Å². The zero-order valence-electron chi connectivity index (χ0n) is 58.3. The van der Waals surface area contributed by atoms with Crippen LogP contribution >= 0.6 is 0 Å². The summed E-state index contributed by atoms with van der Waals surface area (Å²) in [6.07, 6.45) is -7.17. The Kier molecular flexibility index (Phi) is 46.8. The zero-order chi connectivity index (χ0) is 72.8. The van der Waals surface area contributed by atoms with Crippen molar-refractivity contribution in [2.24, 2.45) is 23.0 Å². The van der Waals surface area contributed by atoms with Crippen LogP contribution in [0.1, 0.15) is 145 Å². The van der Waals surface area contributed by atoms with Crippen LogP contribution in [0.25, 0.3) is 0 Å². The lowest BCUT2D eigenvalue weighted by atomic mass is 9.92. The molecule has 2 aliphatic heterocycles. The van der Waals surface area contributed by atoms with E-state index in [2.05, 4.69) is 31.9 Å². The molecule has 0 spiro atoms. The lowest BCUT2D eigenvalue weighted by Crippen LogP contribution is -2.62. The molecule has 568 valence electrons. The van der Waals surface area contributed by atoms with Gasteiger partial charge in [0.05, 0.1) is 63.8 Å². The summed E-state index contributed by atoms with van der Waals surface area (Å²) >= 11 is 0. The minimum Gasteiger partial charge on any atom is -0.463 e. The number of hydrogen-bond acceptors (Lipinski definition) is 28. The quantitative estimate of drug-likeness (QED) is 0.0134. The maximum Gasteiger partial charge on any atom is 0.302 e. The Morgan fingerprint density at radius 3 is 1.21 bits per heavy atom. The van der Waals surface area contributed by atoms with E-state index in [1.807, 2.05) is 6.92 Å². The Hall–Kier alpha value is -5.41. The zero-order valence-corrected chi connectivity index (χ0v) is 58.3. The molecular weight excluding hydrogens is 1300 g/mol. The van der Waals surface area contributed by atoms with Gasteiger partial charge < -0.3 is 125 Å². The van der Waals surface area contributed by atoms with E-state index in [0.29, 0.717) is 97.1 Å². The first kappa shape index (κ1) is 88.7. The number of rotatable bonds is 55. The van der Waals surface area contributed by atoms with Crippen LogP contribution < -0.4 is 37.6 Å². The minimum atomic E-state index is -1.71. The molecule has 34 heteroatoms. The summed E-state index contributed by atoms with van der Waals surface area (Å²) in [5, 5.41) is 77.4. The van der Waals surface area contributed by atoms with Crippen molar-refractivity contribution < 1.29 is 131 Å². The summed E-state index contributed by atoms with van der Waals surface area (Å²) in [5.74, 6) is -4.32. The fraction of sp³-hybridized carbons (Fsp3) is 0.859. The van der Waals surface area contributed by atoms with Gasteiger partial charge in [0.25, 0.3) is 0 Å². The molecule has 0 aromatic rings. The van der Waals surface area contributed by atoms with E-state index in [-0.39, 0.29) is 153 Å². The molecule has 2 aliphatic rings. The van der Waals surface area contributed by atoms with Gasteiger partial charge >= 0.3 is 17.9 Å². The predicted octanol–water partition coefficient (Wildman–Crippen LogP) is -2.13. The Bertz CT molecular complexity index is 2190. The molecule has 6 unspecified atom stereocenters. The third-order valence-corrected chi connectivity index (χ3v) is 15.5. The van der Waals surface area contributed by atoms with Crippen LogP contribution in [-0.2, 0) is 100.0 Å². The van der Waals surface area contributed by atoms with E-state index in [1.165, 1.54) is 27.7 Å². The fourth-order valence-corrected chi connectivity index (χ4v) is 9.49. The largest absolute Gasteiger partial charge is 0.463 e. The minimum absolute atomic E-state index is 0.0340. The molecule has 14 atom stereocenters. The van der Waals surface area contributed by atoms with E-state index < -0.39 is 109 Å². The van der Waals surface area contributed by atoms with Gasteiger partial charge in [0.15, 0.2) is 25.2 Å². The van der Waals surface area contributed by atoms with E-state index in [1.54, 1.807) is 13.8 Å². The maximum absolute atomic E-state index is 12.7. The van der Waals surface area contributed by atoms with Crippen LogP contribution in [0.5, 0.6) is 0 Å². The SMILES string of the molecule is CC(=O)OCC(C)O[C@@H](OCCCCC(=O)NCCCNC(=O)CCOCC(C)(COCCC(=O)NCCCNC(=O)CCCCO[C@@H]1OC(COC(C)=O)[C@H](O)C(O)[C@@H]1C)COCCC(=O)NCCCNC(=O)CCCCO[C@@H]1OC(COC(C)=O)[C@H](O)C(O)[C@@H]1N)[C@@H](C)C(O)O. The number of nitrogens with two attached hydrogens (primary N) is 1. The molecule has 0 saturated carbocycles. The van der Waals surface area contributed by atoms with Gasteiger partial charge in [-0.1, -0.05) is 20.8 Å². The van der Waals surface area contributed by atoms with Gasteiger partial charge in [-0.15, -0.1) is 0 Å². The number of ether oxygens (including phenoxy) is 12. The second-order valence-corrected chi connectivity index (χ2v) is 24.8. The number of carbonyl (C=O) groups excluding carboxylic acids is 9. The number of amides is 6. The molecule has 0 aromatic carbocycles. The van der Waals surface area contributed by atoms with Crippen LogP contribution in [0.15, 0.2) is 0 Å². The average Bonchev–Trinajstić information content (AvgIpc) is 0.827. The molecular formula is C64H115N7O27. The molecule has 2 saturated heterocycles. The number of unbranched alkanes of at least 4 members (excludes halogenated alkanes) is 3. The molecule has 14 N–H and O–H groups in total. The topological polar surface area (TPSA) is 484 Å². The molecule has 0 bridgehead atoms. The molecule has 98 heavy (non-hydrogen) atoms. The number of hydrogen-bond donors (Lipinski definition) is 13. The predicted molar refractivity (Wildman–Crippen MR) is 346 cm³/mol. The number of aliphatic hydroxyl groups excluding tert-OH is 5. The van der Waals surface area contributed by atoms with Crippen molar-refractivity contribution in [1.29, 1.82) is 0 Å². The van der Waals surface area contributed by atoms with Crippen molar-refractivity contribution >= 4 is 53.4 Å². The summed E-state index contributed by atoms with van der Waals surface area (Å²) in [6.45, 7) is 12.7. The number of carbonyl (C=O) groups is 9. The molecule has 2 heterocycles. The molecule has 0 aliphatic carbocycles. The standard InChI is InChI=1S/C64H115N7O27/c1-41(35-93-44(4)72)96-62(43(3)60(85)86)91-30-12-9-18-50(76)67-24-15-27-70-53(79)21-33-88-39-64(7,38-87-32-20-52(78)69-26-14-23-66-49(75)17-8-11-29-90-61-42(2)56(81)57(82)47(97-61)36-94-45(5)73)40-89-34-22-54(80)71-28-16-25-68-51(77)19-10-13-31-92-63-55(65)59(84)58(83)48(98-63)37-95-46(6)74/h41-43,47-48,55-63,81-86H,8-40,65H2,1-7H3,(H,66,75)(H,67,76)(H,68,77)(H,69,78)(H,70,79)(H,71,80)/t41?,42-,43-,47?,48?,55-,56?,57-,58-,59?,61+,62+,63+,64?/m0/s1. The van der Waals surface area contributed by atoms with E-state index >= 15 is 0 Å². The van der Waals surface area contributed by atoms with Crippen molar-refractivity contribution in [3.8, 4) is 0 Å². The summed E-state index contributed by atoms with van der Waals surface area (Å²) < 4.78 is 66.7. The van der Waals surface area contributed by atoms with Gasteiger partial charge in [0.1, 0.15) is 50.3 Å². The first-order valence-electron chi connectivity index (χ1n) is 34.0. The average molecular weight is 1410 g/mol. The number of nitrogens with one attached hydrogen (secondary N) is 6. The lowest BCUT2D eigenvalue weighted by molar-refractivity contribution is -0.283. The summed E-state index contributed by atoms with van der Waals surface area (Å²) in [7, 11) is 0. The maximum atomic E-state index is 12.7. The highest BCUT2D eigenvalue weighted by molar-refractivity contribution is 5.78. The van der Waals surface area contributed by atoms with Crippen molar-refractivity contribution in [3.63, 3.8) is 0 Å². The van der Waals surface area contributed by atoms with Crippen LogP contribution in [0.4, 0.5) is 0 Å². The normalized spacial score (nSPS) is 22.3. The monoisotopic (exact) mass is 1410 g/mol. The van der Waals surface area contributed by atoms with Crippen molar-refractivity contribution in [2.75, 3.05) is 119 Å². The van der Waals surface area contributed by atoms with Crippen molar-refractivity contribution in [2.45, 2.75) is 219 Å². The second kappa shape index (κ2) is 51.7. The van der Waals surface area contributed by atoms with E-state index in [4.69, 9.17) is 62.6 Å². The highest BCUT2D eigenvalue weighted by Crippen LogP contribution is 2.28. The highest BCUT2D eigenvalue weighted by atomic mass is 16.7. The first-order valence-corrected chi connectivity index (χ1v) is 34.0. The molecule has 2 fully saturated rings. The van der Waals surface area contributed by atoms with Crippen LogP contribution in [0.2, 0.25) is 0 Å². The van der Waals surface area contributed by atoms with Crippen molar-refractivity contribution in [1.82, 2.24) is 31.9 Å². The molecule has 6 amide bonds. The number of esters is 3. The first-order chi connectivity index (χ1) is 46.6. The van der Waals surface area contributed by atoms with Gasteiger partial charge in [0.2, 0.25) is 35.4 Å². The van der Waals surface area contributed by atoms with Gasteiger partial charge in [0, 0.05) is 130 Å². The number of aliphatic hydroxyl groups is 6. The molecule has 2 rings (SSSR count). The summed E-state index contributed by atoms with van der Waals surface area (Å²) in [4.78, 5) is 109. The second-order valence-electron chi connectivity index (χ2n) is 24.8. The Morgan fingerprint density at radius 2 is 0.827 bits per heavy atom. The highest BCUT2D eigenvalue weighted by Gasteiger charge is 2.45. The Labute approximate surface area is 574 Å². The van der Waals surface area contributed by atoms with Gasteiger partial charge in [-0.3, -0.25) is 43.2 Å². The molecule has 34 nitrogen and oxygen atoms in total. The third kappa shape index (κ3) is 40.7. The van der Waals surface area contributed by atoms with Crippen LogP contribution in [0.3, 0.4) is 0 Å². The van der Waals surface area contributed by atoms with Crippen LogP contribution in [0, 0.1) is 17.3 Å².